The van der Waals surface area contributed by atoms with E-state index in [1.165, 1.54) is 28.3 Å². The number of hydrogen-bond acceptors (Lipinski definition) is 6. The highest BCUT2D eigenvalue weighted by molar-refractivity contribution is 5.82. The first-order valence-corrected chi connectivity index (χ1v) is 14.2. The second-order valence-electron chi connectivity index (χ2n) is 13.0. The van der Waals surface area contributed by atoms with Gasteiger partial charge < -0.3 is 20.7 Å². The smallest absolute Gasteiger partial charge is 0.105 e. The summed E-state index contributed by atoms with van der Waals surface area (Å²) < 4.78 is 7.33. The van der Waals surface area contributed by atoms with Crippen molar-refractivity contribution in [2.75, 3.05) is 13.1 Å². The number of aromatic nitrogens is 1. The van der Waals surface area contributed by atoms with E-state index in [2.05, 4.69) is 53.2 Å². The Labute approximate surface area is 218 Å². The van der Waals surface area contributed by atoms with Crippen LogP contribution in [0.5, 0.6) is 0 Å². The number of nitrogens with two attached hydrogens (primary N) is 1. The Kier molecular flexibility index (Phi) is 4.64. The number of aliphatic hydroxyl groups excluding tert-OH is 2. The molecule has 2 spiro atoms. The van der Waals surface area contributed by atoms with E-state index in [4.69, 9.17) is 10.5 Å². The molecular formula is C31H37N3O3. The third kappa shape index (κ3) is 2.91. The Morgan fingerprint density at radius 3 is 2.81 bits per heavy atom. The number of ether oxygens (including phenoxy) is 1. The van der Waals surface area contributed by atoms with Crippen molar-refractivity contribution in [3.63, 3.8) is 0 Å². The van der Waals surface area contributed by atoms with Crippen LogP contribution in [-0.4, -0.2) is 68.7 Å². The minimum absolute atomic E-state index is 0.106. The third-order valence-corrected chi connectivity index (χ3v) is 11.3. The second-order valence-corrected chi connectivity index (χ2v) is 13.0. The quantitative estimate of drug-likeness (QED) is 0.587. The van der Waals surface area contributed by atoms with Crippen LogP contribution in [0.3, 0.4) is 0 Å². The van der Waals surface area contributed by atoms with Gasteiger partial charge in [-0.25, -0.2) is 0 Å². The van der Waals surface area contributed by atoms with Gasteiger partial charge in [0, 0.05) is 43.0 Å². The van der Waals surface area contributed by atoms with Gasteiger partial charge in [0.2, 0.25) is 0 Å². The van der Waals surface area contributed by atoms with Crippen molar-refractivity contribution in [3.05, 3.63) is 65.5 Å². The maximum atomic E-state index is 11.3. The normalized spacial score (nSPS) is 45.0. The molecule has 0 amide bonds. The van der Waals surface area contributed by atoms with Gasteiger partial charge in [-0.05, 0) is 90.0 Å². The van der Waals surface area contributed by atoms with Gasteiger partial charge in [0.05, 0.1) is 17.3 Å². The molecule has 8 atom stereocenters. The van der Waals surface area contributed by atoms with Crippen molar-refractivity contribution < 1.29 is 14.9 Å². The second kappa shape index (κ2) is 7.51. The highest BCUT2D eigenvalue weighted by atomic mass is 16.5. The Morgan fingerprint density at radius 2 is 1.97 bits per heavy atom. The molecule has 2 aromatic rings. The van der Waals surface area contributed by atoms with Crippen LogP contribution in [0.4, 0.5) is 0 Å². The van der Waals surface area contributed by atoms with Gasteiger partial charge in [0.15, 0.2) is 0 Å². The average molecular weight is 500 g/mol. The molecule has 6 heteroatoms. The lowest BCUT2D eigenvalue weighted by molar-refractivity contribution is -0.173. The number of benzene rings is 1. The zero-order chi connectivity index (χ0) is 25.2. The van der Waals surface area contributed by atoms with E-state index in [1.54, 1.807) is 0 Å². The zero-order valence-electron chi connectivity index (χ0n) is 21.5. The zero-order valence-corrected chi connectivity index (χ0v) is 21.5. The summed E-state index contributed by atoms with van der Waals surface area (Å²) in [5, 5.41) is 24.9. The number of rotatable bonds is 2. The van der Waals surface area contributed by atoms with Crippen LogP contribution in [0.25, 0.3) is 10.8 Å². The molecule has 3 aliphatic heterocycles. The number of allylic oxidation sites excluding steroid dienone is 1. The summed E-state index contributed by atoms with van der Waals surface area (Å²) in [4.78, 5) is 6.61. The lowest BCUT2D eigenvalue weighted by Gasteiger charge is -2.57. The van der Waals surface area contributed by atoms with Gasteiger partial charge in [0.1, 0.15) is 6.10 Å². The molecular weight excluding hydrogens is 462 g/mol. The summed E-state index contributed by atoms with van der Waals surface area (Å²) >= 11 is 0. The van der Waals surface area contributed by atoms with Crippen LogP contribution in [0.15, 0.2) is 60.0 Å². The van der Waals surface area contributed by atoms with E-state index in [-0.39, 0.29) is 23.1 Å². The average Bonchev–Trinajstić information content (AvgIpc) is 3.40. The number of aliphatic hydroxyl groups is 2. The number of fused-ring (bicyclic) bond motifs is 2. The molecule has 6 nitrogen and oxygen atoms in total. The van der Waals surface area contributed by atoms with Crippen molar-refractivity contribution in [1.29, 1.82) is 0 Å². The molecule has 8 rings (SSSR count). The van der Waals surface area contributed by atoms with Crippen LogP contribution in [0.2, 0.25) is 0 Å². The van der Waals surface area contributed by atoms with Gasteiger partial charge in [-0.1, -0.05) is 31.2 Å². The molecule has 37 heavy (non-hydrogen) atoms. The fourth-order valence-corrected chi connectivity index (χ4v) is 9.46. The Bertz CT molecular complexity index is 1350. The first kappa shape index (κ1) is 22.9. The van der Waals surface area contributed by atoms with Gasteiger partial charge >= 0.3 is 0 Å². The highest BCUT2D eigenvalue weighted by Crippen LogP contribution is 2.69. The summed E-state index contributed by atoms with van der Waals surface area (Å²) in [6.45, 7) is 4.05. The van der Waals surface area contributed by atoms with E-state index in [0.717, 1.165) is 50.8 Å². The predicted molar refractivity (Wildman–Crippen MR) is 142 cm³/mol. The van der Waals surface area contributed by atoms with Crippen molar-refractivity contribution in [2.24, 2.45) is 17.1 Å². The van der Waals surface area contributed by atoms with Gasteiger partial charge in [-0.2, -0.15) is 0 Å². The SMILES string of the molecule is C[C@]12CC=C3C=C4[C@H](O)[C@H](O)[C@@H](N5CC(N)C5)C[C@]45CCC3(O5)[C@@H]1CCC2c1ccc2ccncc2c1. The number of hydrogen-bond donors (Lipinski definition) is 3. The van der Waals surface area contributed by atoms with Crippen LogP contribution in [0, 0.1) is 11.3 Å². The van der Waals surface area contributed by atoms with E-state index in [1.807, 2.05) is 12.4 Å². The monoisotopic (exact) mass is 499 g/mol. The molecule has 2 bridgehead atoms. The van der Waals surface area contributed by atoms with E-state index in [0.29, 0.717) is 11.8 Å². The van der Waals surface area contributed by atoms with Crippen LogP contribution in [-0.2, 0) is 4.74 Å². The van der Waals surface area contributed by atoms with Crippen molar-refractivity contribution >= 4 is 10.8 Å². The first-order valence-electron chi connectivity index (χ1n) is 14.2. The van der Waals surface area contributed by atoms with E-state index < -0.39 is 17.8 Å². The van der Waals surface area contributed by atoms with Crippen molar-refractivity contribution in [1.82, 2.24) is 9.88 Å². The minimum Gasteiger partial charge on any atom is -0.388 e. The molecule has 4 fully saturated rings. The first-order chi connectivity index (χ1) is 17.8. The van der Waals surface area contributed by atoms with Crippen molar-refractivity contribution in [2.45, 2.75) is 86.9 Å². The van der Waals surface area contributed by atoms with Crippen molar-refractivity contribution in [3.8, 4) is 0 Å². The molecule has 2 saturated heterocycles. The van der Waals surface area contributed by atoms with E-state index >= 15 is 0 Å². The Hall–Kier alpha value is -2.09. The molecule has 3 aliphatic carbocycles. The predicted octanol–water partition coefficient (Wildman–Crippen LogP) is 3.43. The lowest BCUT2D eigenvalue weighted by atomic mass is 9.58. The maximum absolute atomic E-state index is 11.3. The number of pyridine rings is 1. The topological polar surface area (TPSA) is 91.8 Å². The molecule has 0 radical (unpaired) electrons. The summed E-state index contributed by atoms with van der Waals surface area (Å²) in [5.41, 5.74) is 8.99. The maximum Gasteiger partial charge on any atom is 0.105 e. The van der Waals surface area contributed by atoms with Gasteiger partial charge in [-0.3, -0.25) is 9.88 Å². The minimum atomic E-state index is -0.886. The fourth-order valence-electron chi connectivity index (χ4n) is 9.46. The molecule has 4 N–H and O–H groups in total. The third-order valence-electron chi connectivity index (χ3n) is 11.3. The largest absolute Gasteiger partial charge is 0.388 e. The number of nitrogens with zero attached hydrogens (tertiary/aromatic N) is 2. The number of likely N-dealkylation sites (tertiary alicyclic amines) is 1. The molecule has 194 valence electrons. The molecule has 1 aromatic carbocycles. The molecule has 2 unspecified atom stereocenters. The summed E-state index contributed by atoms with van der Waals surface area (Å²) in [6, 6.07) is 9.07. The summed E-state index contributed by atoms with van der Waals surface area (Å²) in [6.07, 6.45) is 12.8. The Morgan fingerprint density at radius 1 is 1.11 bits per heavy atom. The van der Waals surface area contributed by atoms with E-state index in [9.17, 15) is 10.2 Å². The molecule has 4 heterocycles. The van der Waals surface area contributed by atoms with Crippen LogP contribution >= 0.6 is 0 Å². The highest BCUT2D eigenvalue weighted by Gasteiger charge is 2.68. The standard InChI is InChI=1S/C31H37N3O3/c1-29-8-6-21-13-24-27(35)28(36)25(34-16-22(32)17-34)14-30(24)9-10-31(21,37-30)26(29)5-4-23(29)19-3-2-18-7-11-33-15-20(18)12-19/h2-3,6-7,11-13,15,22-23,25-28,35-36H,4-5,8-10,14,16-17,32H2,1H3/t23?,25-,26+,27-,28+,29+,30+,31?/m0/s1. The Balaban J connectivity index is 1.17. The lowest BCUT2D eigenvalue weighted by Crippen LogP contribution is -2.68. The summed E-state index contributed by atoms with van der Waals surface area (Å²) in [7, 11) is 0. The van der Waals surface area contributed by atoms with Gasteiger partial charge in [0.25, 0.3) is 0 Å². The molecule has 6 aliphatic rings. The van der Waals surface area contributed by atoms with Gasteiger partial charge in [-0.15, -0.1) is 0 Å². The van der Waals surface area contributed by atoms with Crippen LogP contribution < -0.4 is 5.73 Å². The fraction of sp³-hybridized carbons (Fsp3) is 0.581. The summed E-state index contributed by atoms with van der Waals surface area (Å²) in [5.74, 6) is 0.917. The van der Waals surface area contributed by atoms with Crippen LogP contribution in [0.1, 0.15) is 56.9 Å². The molecule has 2 saturated carbocycles. The molecule has 1 aromatic heterocycles.